The minimum atomic E-state index is -0.767. The summed E-state index contributed by atoms with van der Waals surface area (Å²) in [5, 5.41) is 2.82. The third kappa shape index (κ3) is 4.36. The van der Waals surface area contributed by atoms with E-state index in [1.807, 2.05) is 19.1 Å². The van der Waals surface area contributed by atoms with Crippen LogP contribution < -0.4 is 24.4 Å². The van der Waals surface area contributed by atoms with Gasteiger partial charge in [0.2, 0.25) is 0 Å². The van der Waals surface area contributed by atoms with E-state index in [0.29, 0.717) is 29.5 Å². The molecule has 0 unspecified atom stereocenters. The van der Waals surface area contributed by atoms with E-state index in [9.17, 15) is 9.59 Å². The Morgan fingerprint density at radius 3 is 2.61 bits per heavy atom. The lowest BCUT2D eigenvalue weighted by Crippen LogP contribution is -2.51. The van der Waals surface area contributed by atoms with Gasteiger partial charge in [0.1, 0.15) is 5.75 Å². The molecule has 0 saturated heterocycles. The number of rotatable bonds is 7. The van der Waals surface area contributed by atoms with Gasteiger partial charge in [-0.15, -0.1) is 0 Å². The van der Waals surface area contributed by atoms with E-state index in [1.54, 1.807) is 43.5 Å². The summed E-state index contributed by atoms with van der Waals surface area (Å²) in [6.45, 7) is 2.48. The Morgan fingerprint density at radius 2 is 1.86 bits per heavy atom. The summed E-state index contributed by atoms with van der Waals surface area (Å²) in [6, 6.07) is 14.3. The van der Waals surface area contributed by atoms with Crippen molar-refractivity contribution in [2.24, 2.45) is 0 Å². The Hall–Kier alpha value is -3.22. The zero-order valence-electron chi connectivity index (χ0n) is 16.0. The maximum atomic E-state index is 12.9. The van der Waals surface area contributed by atoms with Crippen LogP contribution in [0.15, 0.2) is 48.5 Å². The van der Waals surface area contributed by atoms with Crippen molar-refractivity contribution < 1.29 is 23.8 Å². The molecular formula is C21H24N2O5. The summed E-state index contributed by atoms with van der Waals surface area (Å²) < 4.78 is 16.7. The van der Waals surface area contributed by atoms with Gasteiger partial charge in [0.15, 0.2) is 24.2 Å². The van der Waals surface area contributed by atoms with Crippen LogP contribution in [0.25, 0.3) is 0 Å². The van der Waals surface area contributed by atoms with Gasteiger partial charge in [0.25, 0.3) is 11.8 Å². The number of carbonyl (C=O) groups is 2. The molecule has 0 aromatic heterocycles. The predicted octanol–water partition coefficient (Wildman–Crippen LogP) is 2.39. The topological polar surface area (TPSA) is 77.1 Å². The zero-order chi connectivity index (χ0) is 19.9. The first-order chi connectivity index (χ1) is 13.6. The molecule has 1 aliphatic heterocycles. The number of nitrogens with zero attached hydrogens (tertiary/aromatic N) is 1. The van der Waals surface area contributed by atoms with Crippen molar-refractivity contribution in [1.29, 1.82) is 0 Å². The minimum Gasteiger partial charge on any atom is -0.493 e. The molecule has 2 amide bonds. The molecule has 2 aromatic rings. The Kier molecular flexibility index (Phi) is 6.37. The standard InChI is InChI=1S/C21H24N2O5/c1-3-12-22-21(25)19-13-23(15-8-4-5-9-16(15)28-19)20(24)14-27-18-11-7-6-10-17(18)26-2/h4-11,19H,3,12-14H2,1-2H3,(H,22,25)/t19-/m1/s1. The van der Waals surface area contributed by atoms with Gasteiger partial charge in [-0.1, -0.05) is 31.2 Å². The number of methoxy groups -OCH3 is 1. The molecule has 0 bridgehead atoms. The van der Waals surface area contributed by atoms with E-state index in [1.165, 1.54) is 4.90 Å². The maximum absolute atomic E-state index is 12.9. The van der Waals surface area contributed by atoms with Crippen LogP contribution in [0.1, 0.15) is 13.3 Å². The van der Waals surface area contributed by atoms with E-state index < -0.39 is 6.10 Å². The highest BCUT2D eigenvalue weighted by Gasteiger charge is 2.33. The fourth-order valence-corrected chi connectivity index (χ4v) is 2.92. The molecule has 0 fully saturated rings. The molecule has 7 heteroatoms. The van der Waals surface area contributed by atoms with Crippen LogP contribution in [0, 0.1) is 0 Å². The van der Waals surface area contributed by atoms with E-state index in [4.69, 9.17) is 14.2 Å². The third-order valence-corrected chi connectivity index (χ3v) is 4.34. The summed E-state index contributed by atoms with van der Waals surface area (Å²) in [5.41, 5.74) is 0.621. The number of hydrogen-bond acceptors (Lipinski definition) is 5. The Morgan fingerprint density at radius 1 is 1.14 bits per heavy atom. The molecule has 1 aliphatic rings. The van der Waals surface area contributed by atoms with Crippen molar-refractivity contribution in [3.63, 3.8) is 0 Å². The summed E-state index contributed by atoms with van der Waals surface area (Å²) in [5.74, 6) is 1.03. The largest absolute Gasteiger partial charge is 0.493 e. The molecule has 0 radical (unpaired) electrons. The highest BCUT2D eigenvalue weighted by Crippen LogP contribution is 2.33. The number of benzene rings is 2. The summed E-state index contributed by atoms with van der Waals surface area (Å²) in [4.78, 5) is 26.8. The molecule has 0 saturated carbocycles. The van der Waals surface area contributed by atoms with E-state index in [-0.39, 0.29) is 25.0 Å². The van der Waals surface area contributed by atoms with Gasteiger partial charge in [0, 0.05) is 6.54 Å². The number of ether oxygens (including phenoxy) is 3. The summed E-state index contributed by atoms with van der Waals surface area (Å²) in [7, 11) is 1.54. The highest BCUT2D eigenvalue weighted by atomic mass is 16.5. The van der Waals surface area contributed by atoms with Gasteiger partial charge in [-0.05, 0) is 30.7 Å². The van der Waals surface area contributed by atoms with Gasteiger partial charge in [-0.25, -0.2) is 0 Å². The normalized spacial score (nSPS) is 15.2. The smallest absolute Gasteiger partial charge is 0.265 e. The van der Waals surface area contributed by atoms with Crippen molar-refractivity contribution >= 4 is 17.5 Å². The van der Waals surface area contributed by atoms with Gasteiger partial charge in [-0.3, -0.25) is 9.59 Å². The van der Waals surface area contributed by atoms with Gasteiger partial charge in [-0.2, -0.15) is 0 Å². The van der Waals surface area contributed by atoms with Gasteiger partial charge >= 0.3 is 0 Å². The molecule has 1 heterocycles. The molecule has 1 atom stereocenters. The average molecular weight is 384 g/mol. The van der Waals surface area contributed by atoms with E-state index in [0.717, 1.165) is 6.42 Å². The van der Waals surface area contributed by atoms with Crippen LogP contribution in [0.2, 0.25) is 0 Å². The van der Waals surface area contributed by atoms with Crippen molar-refractivity contribution in [2.75, 3.05) is 31.7 Å². The number of nitrogens with one attached hydrogen (secondary N) is 1. The van der Waals surface area contributed by atoms with Crippen LogP contribution in [-0.4, -0.2) is 44.7 Å². The zero-order valence-corrected chi connectivity index (χ0v) is 16.0. The van der Waals surface area contributed by atoms with Gasteiger partial charge in [0.05, 0.1) is 19.3 Å². The molecular weight excluding hydrogens is 360 g/mol. The second kappa shape index (κ2) is 9.12. The minimum absolute atomic E-state index is 0.126. The quantitative estimate of drug-likeness (QED) is 0.793. The highest BCUT2D eigenvalue weighted by molar-refractivity contribution is 5.98. The second-order valence-corrected chi connectivity index (χ2v) is 6.31. The van der Waals surface area contributed by atoms with Crippen molar-refractivity contribution in [2.45, 2.75) is 19.4 Å². The molecule has 3 rings (SSSR count). The predicted molar refractivity (Wildman–Crippen MR) is 105 cm³/mol. The molecule has 7 nitrogen and oxygen atoms in total. The van der Waals surface area contributed by atoms with Crippen LogP contribution in [-0.2, 0) is 9.59 Å². The number of para-hydroxylation sites is 4. The van der Waals surface area contributed by atoms with Gasteiger partial charge < -0.3 is 24.4 Å². The van der Waals surface area contributed by atoms with E-state index in [2.05, 4.69) is 5.32 Å². The molecule has 148 valence electrons. The number of amides is 2. The Labute approximate surface area is 164 Å². The van der Waals surface area contributed by atoms with Crippen LogP contribution in [0.5, 0.6) is 17.2 Å². The molecule has 1 N–H and O–H groups in total. The average Bonchev–Trinajstić information content (AvgIpc) is 2.75. The van der Waals surface area contributed by atoms with Crippen LogP contribution in [0.3, 0.4) is 0 Å². The first-order valence-electron chi connectivity index (χ1n) is 9.23. The first-order valence-corrected chi connectivity index (χ1v) is 9.23. The number of carbonyl (C=O) groups excluding carboxylic acids is 2. The van der Waals surface area contributed by atoms with Crippen molar-refractivity contribution in [1.82, 2.24) is 5.32 Å². The fraction of sp³-hybridized carbons (Fsp3) is 0.333. The van der Waals surface area contributed by atoms with Crippen molar-refractivity contribution in [3.05, 3.63) is 48.5 Å². The number of anilines is 1. The van der Waals surface area contributed by atoms with Crippen LogP contribution in [0.4, 0.5) is 5.69 Å². The van der Waals surface area contributed by atoms with E-state index >= 15 is 0 Å². The summed E-state index contributed by atoms with van der Waals surface area (Å²) in [6.07, 6.45) is 0.0569. The lowest BCUT2D eigenvalue weighted by molar-refractivity contribution is -0.128. The molecule has 0 spiro atoms. The maximum Gasteiger partial charge on any atom is 0.265 e. The number of hydrogen-bond donors (Lipinski definition) is 1. The van der Waals surface area contributed by atoms with Crippen molar-refractivity contribution in [3.8, 4) is 17.2 Å². The third-order valence-electron chi connectivity index (χ3n) is 4.34. The lowest BCUT2D eigenvalue weighted by atomic mass is 10.1. The molecule has 28 heavy (non-hydrogen) atoms. The van der Waals surface area contributed by atoms with Crippen LogP contribution >= 0.6 is 0 Å². The molecule has 2 aromatic carbocycles. The Balaban J connectivity index is 1.74. The summed E-state index contributed by atoms with van der Waals surface area (Å²) >= 11 is 0. The first kappa shape index (κ1) is 19.5. The fourth-order valence-electron chi connectivity index (χ4n) is 2.92. The SMILES string of the molecule is CCCNC(=O)[C@H]1CN(C(=O)COc2ccccc2OC)c2ccccc2O1. The lowest BCUT2D eigenvalue weighted by Gasteiger charge is -2.34. The second-order valence-electron chi connectivity index (χ2n) is 6.31. The molecule has 0 aliphatic carbocycles. The Bertz CT molecular complexity index is 839. The number of fused-ring (bicyclic) bond motifs is 1. The monoisotopic (exact) mass is 384 g/mol.